The summed E-state index contributed by atoms with van der Waals surface area (Å²) >= 11 is 1.77. The summed E-state index contributed by atoms with van der Waals surface area (Å²) in [6.45, 7) is 10.9. The van der Waals surface area contributed by atoms with Crippen LogP contribution in [0.4, 0.5) is 17.1 Å². The number of hydrogen-bond acceptors (Lipinski definition) is 5. The van der Waals surface area contributed by atoms with E-state index >= 15 is 0 Å². The Bertz CT molecular complexity index is 743. The van der Waals surface area contributed by atoms with E-state index < -0.39 is 0 Å². The highest BCUT2D eigenvalue weighted by atomic mass is 32.1. The second-order valence-corrected chi connectivity index (χ2v) is 7.00. The van der Waals surface area contributed by atoms with Gasteiger partial charge in [0.15, 0.2) is 0 Å². The van der Waals surface area contributed by atoms with Crippen LogP contribution in [-0.2, 0) is 0 Å². The number of anilines is 2. The molecule has 1 aromatic carbocycles. The van der Waals surface area contributed by atoms with Gasteiger partial charge >= 0.3 is 0 Å². The number of benzene rings is 1. The monoisotopic (exact) mass is 340 g/mol. The van der Waals surface area contributed by atoms with Crippen molar-refractivity contribution in [2.24, 2.45) is 4.99 Å². The van der Waals surface area contributed by atoms with Gasteiger partial charge in [-0.1, -0.05) is 19.1 Å². The first-order valence-electron chi connectivity index (χ1n) is 8.81. The third kappa shape index (κ3) is 2.62. The van der Waals surface area contributed by atoms with Crippen molar-refractivity contribution in [3.63, 3.8) is 0 Å². The molecule has 2 aliphatic rings. The van der Waals surface area contributed by atoms with Crippen LogP contribution in [0.15, 0.2) is 40.0 Å². The lowest BCUT2D eigenvalue weighted by atomic mass is 10.2. The number of para-hydroxylation sites is 2. The van der Waals surface area contributed by atoms with Gasteiger partial charge < -0.3 is 14.7 Å². The fraction of sp³-hybridized carbons (Fsp3) is 0.421. The lowest BCUT2D eigenvalue weighted by Gasteiger charge is -2.36. The van der Waals surface area contributed by atoms with Gasteiger partial charge in [-0.2, -0.15) is 0 Å². The van der Waals surface area contributed by atoms with Crippen molar-refractivity contribution < 1.29 is 0 Å². The van der Waals surface area contributed by atoms with Gasteiger partial charge in [0.25, 0.3) is 0 Å². The van der Waals surface area contributed by atoms with E-state index in [4.69, 9.17) is 4.99 Å². The molecule has 5 heteroatoms. The molecule has 1 fully saturated rings. The van der Waals surface area contributed by atoms with E-state index in [1.807, 2.05) is 0 Å². The average Bonchev–Trinajstić information content (AvgIpc) is 3.06. The first-order valence-corrected chi connectivity index (χ1v) is 9.75. The van der Waals surface area contributed by atoms with Gasteiger partial charge in [-0.3, -0.25) is 0 Å². The number of nitrogens with zero attached hydrogens (tertiary/aromatic N) is 4. The van der Waals surface area contributed by atoms with Crippen molar-refractivity contribution >= 4 is 34.2 Å². The van der Waals surface area contributed by atoms with E-state index in [2.05, 4.69) is 63.6 Å². The number of piperazine rings is 1. The average molecular weight is 340 g/mol. The van der Waals surface area contributed by atoms with Crippen LogP contribution in [-0.4, -0.2) is 54.9 Å². The zero-order valence-electron chi connectivity index (χ0n) is 14.4. The van der Waals surface area contributed by atoms with E-state index in [0.29, 0.717) is 0 Å². The predicted molar refractivity (Wildman–Crippen MR) is 103 cm³/mol. The molecule has 1 saturated heterocycles. The molecule has 3 heterocycles. The van der Waals surface area contributed by atoms with Crippen molar-refractivity contribution in [2.75, 3.05) is 44.2 Å². The number of hydrogen-bond donors (Lipinski definition) is 0. The lowest BCUT2D eigenvalue weighted by Crippen LogP contribution is -2.48. The van der Waals surface area contributed by atoms with Crippen LogP contribution in [0.5, 0.6) is 0 Å². The van der Waals surface area contributed by atoms with Gasteiger partial charge in [0.2, 0.25) is 0 Å². The van der Waals surface area contributed by atoms with Crippen molar-refractivity contribution in [1.82, 2.24) is 9.80 Å². The topological polar surface area (TPSA) is 22.1 Å². The molecule has 1 aromatic heterocycles. The quantitative estimate of drug-likeness (QED) is 0.827. The summed E-state index contributed by atoms with van der Waals surface area (Å²) in [6, 6.07) is 8.51. The van der Waals surface area contributed by atoms with Gasteiger partial charge in [0.05, 0.1) is 22.6 Å². The maximum Gasteiger partial charge on any atom is 0.139 e. The number of amidine groups is 1. The highest BCUT2D eigenvalue weighted by molar-refractivity contribution is 7.08. The number of rotatable bonds is 2. The molecule has 2 aliphatic heterocycles. The molecule has 2 aromatic rings. The number of aliphatic imine (C=N–C) groups is 1. The van der Waals surface area contributed by atoms with E-state index in [1.54, 1.807) is 11.3 Å². The Kier molecular flexibility index (Phi) is 4.29. The summed E-state index contributed by atoms with van der Waals surface area (Å²) in [5, 5.41) is 4.52. The smallest absolute Gasteiger partial charge is 0.139 e. The molecule has 0 saturated carbocycles. The van der Waals surface area contributed by atoms with Crippen molar-refractivity contribution in [3.05, 3.63) is 40.6 Å². The minimum absolute atomic E-state index is 0.952. The van der Waals surface area contributed by atoms with Crippen LogP contribution in [0, 0.1) is 0 Å². The van der Waals surface area contributed by atoms with Crippen LogP contribution in [0.2, 0.25) is 0 Å². The van der Waals surface area contributed by atoms with E-state index in [-0.39, 0.29) is 0 Å². The van der Waals surface area contributed by atoms with Crippen LogP contribution in [0.3, 0.4) is 0 Å². The van der Waals surface area contributed by atoms with Gasteiger partial charge in [-0.15, -0.1) is 11.3 Å². The first-order chi connectivity index (χ1) is 11.8. The van der Waals surface area contributed by atoms with Crippen molar-refractivity contribution in [1.29, 1.82) is 0 Å². The molecule has 24 heavy (non-hydrogen) atoms. The minimum atomic E-state index is 0.952. The largest absolute Gasteiger partial charge is 0.353 e. The Morgan fingerprint density at radius 3 is 2.50 bits per heavy atom. The van der Waals surface area contributed by atoms with Crippen LogP contribution in [0.1, 0.15) is 19.4 Å². The number of likely N-dealkylation sites (N-methyl/N-ethyl adjacent to an activating group) is 1. The summed E-state index contributed by atoms with van der Waals surface area (Å²) in [4.78, 5) is 12.5. The molecule has 0 N–H and O–H groups in total. The normalized spacial score (nSPS) is 18.0. The second-order valence-electron chi connectivity index (χ2n) is 6.26. The van der Waals surface area contributed by atoms with Crippen LogP contribution < -0.4 is 4.90 Å². The number of fused-ring (bicyclic) bond motifs is 2. The van der Waals surface area contributed by atoms with Crippen LogP contribution >= 0.6 is 11.3 Å². The van der Waals surface area contributed by atoms with Gasteiger partial charge in [0, 0.05) is 43.5 Å². The highest BCUT2D eigenvalue weighted by Gasteiger charge is 2.27. The van der Waals surface area contributed by atoms with Crippen LogP contribution in [0.25, 0.3) is 0 Å². The Labute approximate surface area is 148 Å². The fourth-order valence-corrected chi connectivity index (χ4v) is 4.43. The fourth-order valence-electron chi connectivity index (χ4n) is 3.62. The highest BCUT2D eigenvalue weighted by Crippen LogP contribution is 2.41. The maximum absolute atomic E-state index is 5.11. The standard InChI is InChI=1S/C19H24N4S/c1-3-21-9-11-22(12-10-21)19-15-13-24-14-18(15)23(4-2)17-8-6-5-7-16(17)20-19/h5-8,13-14H,3-4,9-12H2,1-2H3. The number of thiophene rings is 1. The predicted octanol–water partition coefficient (Wildman–Crippen LogP) is 3.94. The molecular weight excluding hydrogens is 316 g/mol. The molecule has 0 atom stereocenters. The van der Waals surface area contributed by atoms with E-state index in [0.717, 1.165) is 50.8 Å². The Balaban J connectivity index is 1.78. The third-order valence-electron chi connectivity index (χ3n) is 5.01. The lowest BCUT2D eigenvalue weighted by molar-refractivity contribution is 0.190. The molecule has 0 aliphatic carbocycles. The molecule has 4 rings (SSSR count). The van der Waals surface area contributed by atoms with Gasteiger partial charge in [-0.25, -0.2) is 4.99 Å². The SMILES string of the molecule is CCN1CCN(C2=Nc3ccccc3N(CC)c3cscc32)CC1. The Hall–Kier alpha value is -1.85. The maximum atomic E-state index is 5.11. The molecule has 0 spiro atoms. The molecular formula is C19H24N4S. The summed E-state index contributed by atoms with van der Waals surface area (Å²) < 4.78 is 0. The second kappa shape index (κ2) is 6.57. The van der Waals surface area contributed by atoms with Gasteiger partial charge in [0.1, 0.15) is 5.84 Å². The molecule has 126 valence electrons. The van der Waals surface area contributed by atoms with Crippen molar-refractivity contribution in [3.8, 4) is 0 Å². The first kappa shape index (κ1) is 15.7. The third-order valence-corrected chi connectivity index (χ3v) is 5.74. The van der Waals surface area contributed by atoms with Gasteiger partial charge in [-0.05, 0) is 25.6 Å². The van der Waals surface area contributed by atoms with E-state index in [1.165, 1.54) is 16.9 Å². The molecule has 0 amide bonds. The molecule has 0 unspecified atom stereocenters. The zero-order chi connectivity index (χ0) is 16.5. The van der Waals surface area contributed by atoms with E-state index in [9.17, 15) is 0 Å². The summed E-state index contributed by atoms with van der Waals surface area (Å²) in [6.07, 6.45) is 0. The Morgan fingerprint density at radius 1 is 0.958 bits per heavy atom. The molecule has 4 nitrogen and oxygen atoms in total. The summed E-state index contributed by atoms with van der Waals surface area (Å²) in [5.74, 6) is 1.14. The molecule has 0 radical (unpaired) electrons. The summed E-state index contributed by atoms with van der Waals surface area (Å²) in [5.41, 5.74) is 4.86. The molecule has 0 bridgehead atoms. The Morgan fingerprint density at radius 2 is 1.75 bits per heavy atom. The van der Waals surface area contributed by atoms with Crippen molar-refractivity contribution in [2.45, 2.75) is 13.8 Å². The summed E-state index contributed by atoms with van der Waals surface area (Å²) in [7, 11) is 0. The zero-order valence-corrected chi connectivity index (χ0v) is 15.2. The minimum Gasteiger partial charge on any atom is -0.353 e.